The van der Waals surface area contributed by atoms with Crippen molar-refractivity contribution in [3.63, 3.8) is 0 Å². The predicted octanol–water partition coefficient (Wildman–Crippen LogP) is 1.20. The van der Waals surface area contributed by atoms with E-state index < -0.39 is 11.8 Å². The van der Waals surface area contributed by atoms with E-state index in [4.69, 9.17) is 21.1 Å². The summed E-state index contributed by atoms with van der Waals surface area (Å²) in [5.74, 6) is -1.57. The Hall–Kier alpha value is -3.12. The quantitative estimate of drug-likeness (QED) is 0.285. The third kappa shape index (κ3) is 4.44. The van der Waals surface area contributed by atoms with Crippen LogP contribution < -0.4 is 16.5 Å². The molecule has 6 N–H and O–H groups in total. The Balaban J connectivity index is 2.12. The highest BCUT2D eigenvalue weighted by molar-refractivity contribution is 6.45. The molecule has 1 heterocycles. The molecule has 1 unspecified atom stereocenters. The molecule has 2 rings (SSSR count). The molecular formula is C15H18N6O3. The van der Waals surface area contributed by atoms with Gasteiger partial charge in [0, 0.05) is 18.8 Å². The Kier molecular flexibility index (Phi) is 5.70. The molecule has 0 aliphatic carbocycles. The van der Waals surface area contributed by atoms with Gasteiger partial charge in [0.1, 0.15) is 6.07 Å². The molecular weight excluding hydrogens is 312 g/mol. The zero-order chi connectivity index (χ0) is 17.5. The normalized spacial score (nSPS) is 17.1. The summed E-state index contributed by atoms with van der Waals surface area (Å²) < 4.78 is 5.50. The average Bonchev–Trinajstić information content (AvgIpc) is 3.07. The largest absolute Gasteiger partial charge is 0.478 e. The highest BCUT2D eigenvalue weighted by Gasteiger charge is 2.17. The van der Waals surface area contributed by atoms with Gasteiger partial charge in [-0.25, -0.2) is 4.79 Å². The van der Waals surface area contributed by atoms with Crippen molar-refractivity contribution in [3.05, 3.63) is 23.8 Å². The standard InChI is InChI=1S/C15H18N6O3/c16-7-13(14(17)18)21-20-9-3-4-12(11(6-9)15(22)23)19-8-10-2-1-5-24-10/h3-4,6,10,19-20H,1-2,5,8H2,(H3,17,18)(H,22,23)/b21-13+. The second-order valence-electron chi connectivity index (χ2n) is 5.18. The van der Waals surface area contributed by atoms with Gasteiger partial charge in [0.05, 0.1) is 17.4 Å². The first-order valence-electron chi connectivity index (χ1n) is 7.32. The number of ether oxygens (including phenoxy) is 1. The number of rotatable bonds is 7. The van der Waals surface area contributed by atoms with E-state index in [1.165, 1.54) is 6.07 Å². The molecule has 1 aromatic carbocycles. The van der Waals surface area contributed by atoms with E-state index >= 15 is 0 Å². The lowest BCUT2D eigenvalue weighted by atomic mass is 10.1. The molecule has 0 saturated carbocycles. The Morgan fingerprint density at radius 3 is 2.96 bits per heavy atom. The SMILES string of the molecule is N#C/C(=N\Nc1ccc(NCC2CCCO2)c(C(=O)O)c1)C(=N)N. The number of carbonyl (C=O) groups is 1. The van der Waals surface area contributed by atoms with Gasteiger partial charge >= 0.3 is 5.97 Å². The summed E-state index contributed by atoms with van der Waals surface area (Å²) in [6.07, 6.45) is 2.05. The number of nitrogens with one attached hydrogen (secondary N) is 3. The maximum atomic E-state index is 11.4. The van der Waals surface area contributed by atoms with Gasteiger partial charge in [-0.3, -0.25) is 10.8 Å². The molecule has 0 spiro atoms. The van der Waals surface area contributed by atoms with Crippen molar-refractivity contribution in [1.82, 2.24) is 0 Å². The molecule has 1 aliphatic rings. The average molecular weight is 330 g/mol. The van der Waals surface area contributed by atoms with Gasteiger partial charge in [-0.2, -0.15) is 10.4 Å². The molecule has 1 atom stereocenters. The molecule has 1 saturated heterocycles. The van der Waals surface area contributed by atoms with Crippen molar-refractivity contribution in [1.29, 1.82) is 10.7 Å². The van der Waals surface area contributed by atoms with Crippen LogP contribution >= 0.6 is 0 Å². The molecule has 24 heavy (non-hydrogen) atoms. The van der Waals surface area contributed by atoms with Gasteiger partial charge in [-0.15, -0.1) is 0 Å². The van der Waals surface area contributed by atoms with Gasteiger partial charge in [0.25, 0.3) is 0 Å². The molecule has 0 aromatic heterocycles. The van der Waals surface area contributed by atoms with Gasteiger partial charge in [-0.1, -0.05) is 0 Å². The highest BCUT2D eigenvalue weighted by atomic mass is 16.5. The van der Waals surface area contributed by atoms with E-state index in [1.807, 2.05) is 0 Å². The van der Waals surface area contributed by atoms with Crippen molar-refractivity contribution < 1.29 is 14.6 Å². The summed E-state index contributed by atoms with van der Waals surface area (Å²) in [5, 5.41) is 32.1. The Morgan fingerprint density at radius 1 is 1.58 bits per heavy atom. The van der Waals surface area contributed by atoms with Crippen LogP contribution in [0.25, 0.3) is 0 Å². The number of carboxylic acid groups (broad SMARTS) is 1. The second kappa shape index (κ2) is 7.94. The number of nitrogens with two attached hydrogens (primary N) is 1. The van der Waals surface area contributed by atoms with E-state index in [-0.39, 0.29) is 17.4 Å². The van der Waals surface area contributed by atoms with Crippen LogP contribution in [0.4, 0.5) is 11.4 Å². The van der Waals surface area contributed by atoms with Crippen LogP contribution in [0, 0.1) is 16.7 Å². The van der Waals surface area contributed by atoms with Gasteiger partial charge in [-0.05, 0) is 31.0 Å². The number of carboxylic acids is 1. The highest BCUT2D eigenvalue weighted by Crippen LogP contribution is 2.22. The fraction of sp³-hybridized carbons (Fsp3) is 0.333. The first kappa shape index (κ1) is 17.2. The molecule has 0 amide bonds. The maximum absolute atomic E-state index is 11.4. The third-order valence-electron chi connectivity index (χ3n) is 3.45. The first-order chi connectivity index (χ1) is 11.5. The molecule has 1 fully saturated rings. The molecule has 9 heteroatoms. The fourth-order valence-electron chi connectivity index (χ4n) is 2.24. The minimum Gasteiger partial charge on any atom is -0.478 e. The lowest BCUT2D eigenvalue weighted by molar-refractivity contribution is 0.0697. The van der Waals surface area contributed by atoms with E-state index in [9.17, 15) is 9.90 Å². The van der Waals surface area contributed by atoms with Crippen LogP contribution in [0.5, 0.6) is 0 Å². The Labute approximate surface area is 138 Å². The predicted molar refractivity (Wildman–Crippen MR) is 89.4 cm³/mol. The monoisotopic (exact) mass is 330 g/mol. The zero-order valence-electron chi connectivity index (χ0n) is 12.9. The molecule has 126 valence electrons. The van der Waals surface area contributed by atoms with Crippen LogP contribution in [0.1, 0.15) is 23.2 Å². The number of anilines is 2. The van der Waals surface area contributed by atoms with Crippen LogP contribution in [0.2, 0.25) is 0 Å². The van der Waals surface area contributed by atoms with Gasteiger partial charge < -0.3 is 20.9 Å². The molecule has 0 radical (unpaired) electrons. The number of amidine groups is 1. The summed E-state index contributed by atoms with van der Waals surface area (Å²) in [5.41, 5.74) is 8.33. The first-order valence-corrected chi connectivity index (χ1v) is 7.32. The summed E-state index contributed by atoms with van der Waals surface area (Å²) >= 11 is 0. The van der Waals surface area contributed by atoms with E-state index in [0.717, 1.165) is 19.4 Å². The number of hydrogen-bond acceptors (Lipinski definition) is 7. The van der Waals surface area contributed by atoms with Crippen LogP contribution in [0.15, 0.2) is 23.3 Å². The smallest absolute Gasteiger partial charge is 0.337 e. The van der Waals surface area contributed by atoms with Crippen molar-refractivity contribution >= 4 is 28.9 Å². The molecule has 9 nitrogen and oxygen atoms in total. The lowest BCUT2D eigenvalue weighted by Gasteiger charge is -2.14. The number of hydrogen-bond donors (Lipinski definition) is 5. The molecule has 0 bridgehead atoms. The van der Waals surface area contributed by atoms with Crippen molar-refractivity contribution in [2.75, 3.05) is 23.9 Å². The van der Waals surface area contributed by atoms with Crippen molar-refractivity contribution in [3.8, 4) is 6.07 Å². The third-order valence-corrected chi connectivity index (χ3v) is 3.45. The minimum absolute atomic E-state index is 0.0644. The summed E-state index contributed by atoms with van der Waals surface area (Å²) in [4.78, 5) is 11.4. The fourth-order valence-corrected chi connectivity index (χ4v) is 2.24. The van der Waals surface area contributed by atoms with Crippen LogP contribution in [0.3, 0.4) is 0 Å². The number of nitrogens with zero attached hydrogens (tertiary/aromatic N) is 2. The summed E-state index contributed by atoms with van der Waals surface area (Å²) in [6.45, 7) is 1.27. The van der Waals surface area contributed by atoms with Crippen molar-refractivity contribution in [2.24, 2.45) is 10.8 Å². The van der Waals surface area contributed by atoms with Gasteiger partial charge in [0.2, 0.25) is 5.71 Å². The number of benzene rings is 1. The Morgan fingerprint density at radius 2 is 2.38 bits per heavy atom. The summed E-state index contributed by atoms with van der Waals surface area (Å²) in [6, 6.07) is 6.28. The molecule has 1 aliphatic heterocycles. The Bertz CT molecular complexity index is 704. The van der Waals surface area contributed by atoms with E-state index in [1.54, 1.807) is 18.2 Å². The van der Waals surface area contributed by atoms with Crippen LogP contribution in [-0.2, 0) is 4.74 Å². The van der Waals surface area contributed by atoms with Crippen LogP contribution in [-0.4, -0.2) is 41.9 Å². The van der Waals surface area contributed by atoms with Crippen molar-refractivity contribution in [2.45, 2.75) is 18.9 Å². The van der Waals surface area contributed by atoms with E-state index in [0.29, 0.717) is 17.9 Å². The second-order valence-corrected chi connectivity index (χ2v) is 5.18. The molecule has 1 aromatic rings. The number of aromatic carboxylic acids is 1. The van der Waals surface area contributed by atoms with Gasteiger partial charge in [0.15, 0.2) is 5.84 Å². The summed E-state index contributed by atoms with van der Waals surface area (Å²) in [7, 11) is 0. The minimum atomic E-state index is -1.09. The topological polar surface area (TPSA) is 157 Å². The van der Waals surface area contributed by atoms with E-state index in [2.05, 4.69) is 15.8 Å². The zero-order valence-corrected chi connectivity index (χ0v) is 12.9. The maximum Gasteiger partial charge on any atom is 0.337 e. The lowest BCUT2D eigenvalue weighted by Crippen LogP contribution is -2.22. The number of nitriles is 1. The number of hydrazone groups is 1.